The van der Waals surface area contributed by atoms with Gasteiger partial charge in [0.25, 0.3) is 5.56 Å². The number of esters is 1. The molecule has 0 amide bonds. The van der Waals surface area contributed by atoms with Gasteiger partial charge in [-0.1, -0.05) is 0 Å². The molecule has 5 heteroatoms. The van der Waals surface area contributed by atoms with Crippen LogP contribution in [0.2, 0.25) is 0 Å². The third-order valence-electron chi connectivity index (χ3n) is 2.94. The van der Waals surface area contributed by atoms with Crippen LogP contribution in [0.3, 0.4) is 0 Å². The molecule has 1 aliphatic rings. The minimum Gasteiger partial charge on any atom is -0.465 e. The number of hydrogen-bond acceptors (Lipinski definition) is 4. The maximum Gasteiger partial charge on any atom is 0.343 e. The summed E-state index contributed by atoms with van der Waals surface area (Å²) in [5.74, 6) is -0.645. The first-order chi connectivity index (χ1) is 7.65. The lowest BCUT2D eigenvalue weighted by molar-refractivity contribution is 0.0293. The maximum atomic E-state index is 11.9. The van der Waals surface area contributed by atoms with Gasteiger partial charge in [-0.3, -0.25) is 4.79 Å². The van der Waals surface area contributed by atoms with Crippen LogP contribution in [0.5, 0.6) is 0 Å². The summed E-state index contributed by atoms with van der Waals surface area (Å²) in [7, 11) is 1.23. The number of methoxy groups -OCH3 is 1. The largest absolute Gasteiger partial charge is 0.465 e. The van der Waals surface area contributed by atoms with E-state index in [4.69, 9.17) is 0 Å². The quantitative estimate of drug-likeness (QED) is 0.734. The standard InChI is InChI=1S/C11H13NO4/c1-16-11(15)7-3-2-6-12(10(7)14)8-4-5-9(8)13/h2-3,6,8-9,13H,4-5H2,1H3/t8-,9-/m1/s1. The van der Waals surface area contributed by atoms with E-state index in [0.717, 1.165) is 6.42 Å². The fraction of sp³-hybridized carbons (Fsp3) is 0.455. The van der Waals surface area contributed by atoms with Gasteiger partial charge in [-0.2, -0.15) is 0 Å². The van der Waals surface area contributed by atoms with Crippen LogP contribution < -0.4 is 5.56 Å². The average molecular weight is 223 g/mol. The molecule has 1 aliphatic carbocycles. The highest BCUT2D eigenvalue weighted by Crippen LogP contribution is 2.30. The van der Waals surface area contributed by atoms with Crippen molar-refractivity contribution in [2.45, 2.75) is 25.0 Å². The molecule has 16 heavy (non-hydrogen) atoms. The van der Waals surface area contributed by atoms with E-state index >= 15 is 0 Å². The van der Waals surface area contributed by atoms with Crippen LogP contribution in [0.25, 0.3) is 0 Å². The lowest BCUT2D eigenvalue weighted by Gasteiger charge is -2.33. The van der Waals surface area contributed by atoms with E-state index in [-0.39, 0.29) is 11.6 Å². The zero-order chi connectivity index (χ0) is 11.7. The Morgan fingerprint density at radius 2 is 2.31 bits per heavy atom. The molecule has 0 spiro atoms. The van der Waals surface area contributed by atoms with Crippen molar-refractivity contribution >= 4 is 5.97 Å². The van der Waals surface area contributed by atoms with Gasteiger partial charge in [0.15, 0.2) is 0 Å². The van der Waals surface area contributed by atoms with Crippen LogP contribution >= 0.6 is 0 Å². The molecule has 1 fully saturated rings. The smallest absolute Gasteiger partial charge is 0.343 e. The number of aliphatic hydroxyl groups excluding tert-OH is 1. The van der Waals surface area contributed by atoms with Crippen molar-refractivity contribution in [2.75, 3.05) is 7.11 Å². The molecular formula is C11H13NO4. The second-order valence-corrected chi connectivity index (χ2v) is 3.84. The number of ether oxygens (including phenoxy) is 1. The molecule has 2 rings (SSSR count). The van der Waals surface area contributed by atoms with Gasteiger partial charge in [0, 0.05) is 6.20 Å². The van der Waals surface area contributed by atoms with Crippen LogP contribution in [0.1, 0.15) is 29.2 Å². The summed E-state index contributed by atoms with van der Waals surface area (Å²) in [5, 5.41) is 9.50. The molecular weight excluding hydrogens is 210 g/mol. The number of rotatable bonds is 2. The minimum atomic E-state index is -0.645. The number of carbonyl (C=O) groups excluding carboxylic acids is 1. The Morgan fingerprint density at radius 1 is 1.56 bits per heavy atom. The first-order valence-corrected chi connectivity index (χ1v) is 5.12. The van der Waals surface area contributed by atoms with E-state index in [1.54, 1.807) is 12.3 Å². The molecule has 0 radical (unpaired) electrons. The third kappa shape index (κ3) is 1.63. The monoisotopic (exact) mass is 223 g/mol. The highest BCUT2D eigenvalue weighted by molar-refractivity contribution is 5.88. The topological polar surface area (TPSA) is 68.5 Å². The van der Waals surface area contributed by atoms with E-state index in [0.29, 0.717) is 6.42 Å². The van der Waals surface area contributed by atoms with Crippen LogP contribution in [-0.2, 0) is 4.74 Å². The molecule has 5 nitrogen and oxygen atoms in total. The van der Waals surface area contributed by atoms with Crippen molar-refractivity contribution in [2.24, 2.45) is 0 Å². The summed E-state index contributed by atoms with van der Waals surface area (Å²) < 4.78 is 5.92. The number of pyridine rings is 1. The Labute approximate surface area is 92.3 Å². The predicted molar refractivity (Wildman–Crippen MR) is 56.3 cm³/mol. The Balaban J connectivity index is 2.41. The van der Waals surface area contributed by atoms with E-state index in [1.807, 2.05) is 0 Å². The van der Waals surface area contributed by atoms with Gasteiger partial charge in [-0.05, 0) is 25.0 Å². The molecule has 0 aromatic carbocycles. The maximum absolute atomic E-state index is 11.9. The predicted octanol–water partition coefficient (Wildman–Crippen LogP) is 0.331. The molecule has 1 aromatic heterocycles. The summed E-state index contributed by atoms with van der Waals surface area (Å²) in [5.41, 5.74) is -0.401. The number of carbonyl (C=O) groups is 1. The molecule has 1 saturated carbocycles. The first kappa shape index (κ1) is 10.9. The molecule has 0 aliphatic heterocycles. The Morgan fingerprint density at radius 3 is 2.81 bits per heavy atom. The van der Waals surface area contributed by atoms with Crippen LogP contribution in [-0.4, -0.2) is 28.9 Å². The van der Waals surface area contributed by atoms with E-state index in [9.17, 15) is 14.7 Å². The summed E-state index contributed by atoms with van der Waals surface area (Å²) in [4.78, 5) is 23.2. The molecule has 1 heterocycles. The van der Waals surface area contributed by atoms with Crippen LogP contribution in [0.4, 0.5) is 0 Å². The van der Waals surface area contributed by atoms with Crippen LogP contribution in [0, 0.1) is 0 Å². The van der Waals surface area contributed by atoms with Gasteiger partial charge >= 0.3 is 5.97 Å². The van der Waals surface area contributed by atoms with E-state index < -0.39 is 17.6 Å². The van der Waals surface area contributed by atoms with Crippen molar-refractivity contribution in [3.05, 3.63) is 34.2 Å². The third-order valence-corrected chi connectivity index (χ3v) is 2.94. The average Bonchev–Trinajstić information content (AvgIpc) is 2.29. The number of nitrogens with zero attached hydrogens (tertiary/aromatic N) is 1. The summed E-state index contributed by atoms with van der Waals surface area (Å²) >= 11 is 0. The van der Waals surface area contributed by atoms with Gasteiger partial charge in [0.2, 0.25) is 0 Å². The first-order valence-electron chi connectivity index (χ1n) is 5.12. The van der Waals surface area contributed by atoms with Crippen molar-refractivity contribution in [3.8, 4) is 0 Å². The van der Waals surface area contributed by atoms with Crippen molar-refractivity contribution in [1.82, 2.24) is 4.57 Å². The highest BCUT2D eigenvalue weighted by atomic mass is 16.5. The Kier molecular flexibility index (Phi) is 2.78. The van der Waals surface area contributed by atoms with Gasteiger partial charge in [-0.15, -0.1) is 0 Å². The Hall–Kier alpha value is -1.62. The summed E-state index contributed by atoms with van der Waals surface area (Å²) in [6, 6.07) is 2.83. The van der Waals surface area contributed by atoms with E-state index in [1.165, 1.54) is 17.7 Å². The molecule has 0 unspecified atom stereocenters. The van der Waals surface area contributed by atoms with Gasteiger partial charge in [-0.25, -0.2) is 4.79 Å². The second kappa shape index (κ2) is 4.09. The fourth-order valence-corrected chi connectivity index (χ4v) is 1.83. The molecule has 0 bridgehead atoms. The van der Waals surface area contributed by atoms with Crippen molar-refractivity contribution in [1.29, 1.82) is 0 Å². The SMILES string of the molecule is COC(=O)c1cccn([C@@H]2CC[C@H]2O)c1=O. The fourth-order valence-electron chi connectivity index (χ4n) is 1.83. The van der Waals surface area contributed by atoms with Crippen molar-refractivity contribution < 1.29 is 14.6 Å². The molecule has 1 aromatic rings. The molecule has 2 atom stereocenters. The zero-order valence-electron chi connectivity index (χ0n) is 8.92. The Bertz CT molecular complexity index is 465. The molecule has 1 N–H and O–H groups in total. The summed E-state index contributed by atoms with van der Waals surface area (Å²) in [6.45, 7) is 0. The molecule has 86 valence electrons. The number of aliphatic hydroxyl groups is 1. The zero-order valence-corrected chi connectivity index (χ0v) is 8.92. The minimum absolute atomic E-state index is 0.00380. The lowest BCUT2D eigenvalue weighted by Crippen LogP contribution is -2.40. The van der Waals surface area contributed by atoms with E-state index in [2.05, 4.69) is 4.74 Å². The number of hydrogen-bond donors (Lipinski definition) is 1. The van der Waals surface area contributed by atoms with Gasteiger partial charge in [0.05, 0.1) is 19.3 Å². The second-order valence-electron chi connectivity index (χ2n) is 3.84. The lowest BCUT2D eigenvalue weighted by atomic mass is 9.89. The van der Waals surface area contributed by atoms with Gasteiger partial charge in [0.1, 0.15) is 5.56 Å². The highest BCUT2D eigenvalue weighted by Gasteiger charge is 2.31. The number of aromatic nitrogens is 1. The van der Waals surface area contributed by atoms with Gasteiger partial charge < -0.3 is 14.4 Å². The normalized spacial score (nSPS) is 23.6. The van der Waals surface area contributed by atoms with Crippen LogP contribution in [0.15, 0.2) is 23.1 Å². The van der Waals surface area contributed by atoms with Crippen molar-refractivity contribution in [3.63, 3.8) is 0 Å². The molecule has 0 saturated heterocycles. The summed E-state index contributed by atoms with van der Waals surface area (Å²) in [6.07, 6.45) is 2.54.